The van der Waals surface area contributed by atoms with Crippen molar-refractivity contribution in [1.82, 2.24) is 15.2 Å². The van der Waals surface area contributed by atoms with E-state index >= 15 is 0 Å². The van der Waals surface area contributed by atoms with Crippen molar-refractivity contribution < 1.29 is 14.4 Å². The molecule has 0 fully saturated rings. The molecule has 30 heavy (non-hydrogen) atoms. The average molecular weight is 399 g/mol. The van der Waals surface area contributed by atoms with Crippen molar-refractivity contribution in [2.45, 2.75) is 19.9 Å². The Hall–Kier alpha value is -3.80. The Labute approximate surface area is 174 Å². The van der Waals surface area contributed by atoms with E-state index < -0.39 is 0 Å². The average Bonchev–Trinajstić information content (AvgIpc) is 3.01. The van der Waals surface area contributed by atoms with Crippen molar-refractivity contribution in [2.75, 3.05) is 6.54 Å². The Morgan fingerprint density at radius 1 is 0.967 bits per heavy atom. The molecule has 0 aliphatic carbocycles. The molecule has 0 unspecified atom stereocenters. The predicted molar refractivity (Wildman–Crippen MR) is 112 cm³/mol. The molecule has 1 aromatic heterocycles. The second-order valence-electron chi connectivity index (χ2n) is 7.21. The normalized spacial score (nSPS) is 12.8. The van der Waals surface area contributed by atoms with Crippen molar-refractivity contribution in [1.29, 1.82) is 0 Å². The van der Waals surface area contributed by atoms with Crippen molar-refractivity contribution >= 4 is 17.7 Å². The summed E-state index contributed by atoms with van der Waals surface area (Å²) in [4.78, 5) is 43.5. The maximum atomic E-state index is 12.8. The van der Waals surface area contributed by atoms with Crippen LogP contribution < -0.4 is 5.32 Å². The lowest BCUT2D eigenvalue weighted by molar-refractivity contribution is 0.0656. The van der Waals surface area contributed by atoms with Gasteiger partial charge in [0.2, 0.25) is 0 Å². The van der Waals surface area contributed by atoms with Crippen molar-refractivity contribution in [3.05, 3.63) is 100 Å². The molecule has 0 radical (unpaired) electrons. The number of nitrogens with zero attached hydrogens (tertiary/aromatic N) is 2. The molecule has 2 heterocycles. The summed E-state index contributed by atoms with van der Waals surface area (Å²) in [5, 5.41) is 2.82. The SMILES string of the molecule is Cc1cccnc1CNC(=O)c1ccc2c(c1)C(=O)N(CCc1ccccc1)C2=O. The molecular weight excluding hydrogens is 378 g/mol. The van der Waals surface area contributed by atoms with Crippen molar-refractivity contribution in [3.8, 4) is 0 Å². The maximum absolute atomic E-state index is 12.8. The molecule has 150 valence electrons. The van der Waals surface area contributed by atoms with Crippen LogP contribution in [0.3, 0.4) is 0 Å². The minimum absolute atomic E-state index is 0.273. The van der Waals surface area contributed by atoms with Crippen LogP contribution in [-0.4, -0.2) is 34.2 Å². The fourth-order valence-corrected chi connectivity index (χ4v) is 3.49. The van der Waals surface area contributed by atoms with Gasteiger partial charge in [0.05, 0.1) is 23.4 Å². The van der Waals surface area contributed by atoms with Gasteiger partial charge in [-0.15, -0.1) is 0 Å². The molecule has 3 aromatic rings. The van der Waals surface area contributed by atoms with Crippen LogP contribution in [0.25, 0.3) is 0 Å². The number of aryl methyl sites for hydroxylation is 1. The van der Waals surface area contributed by atoms with Crippen LogP contribution in [0.4, 0.5) is 0 Å². The lowest BCUT2D eigenvalue weighted by Crippen LogP contribution is -2.31. The third-order valence-electron chi connectivity index (χ3n) is 5.23. The van der Waals surface area contributed by atoms with Gasteiger partial charge in [-0.2, -0.15) is 0 Å². The summed E-state index contributed by atoms with van der Waals surface area (Å²) in [6.45, 7) is 2.52. The first-order valence-electron chi connectivity index (χ1n) is 9.77. The molecule has 0 atom stereocenters. The third-order valence-corrected chi connectivity index (χ3v) is 5.23. The second kappa shape index (κ2) is 8.29. The van der Waals surface area contributed by atoms with E-state index in [9.17, 15) is 14.4 Å². The van der Waals surface area contributed by atoms with Gasteiger partial charge in [0.15, 0.2) is 0 Å². The molecule has 3 amide bonds. The first kappa shape index (κ1) is 19.5. The van der Waals surface area contributed by atoms with Crippen LogP contribution in [0.5, 0.6) is 0 Å². The Morgan fingerprint density at radius 2 is 1.73 bits per heavy atom. The fourth-order valence-electron chi connectivity index (χ4n) is 3.49. The summed E-state index contributed by atoms with van der Waals surface area (Å²) in [5.74, 6) is -0.992. The number of nitrogens with one attached hydrogen (secondary N) is 1. The Kier molecular flexibility index (Phi) is 5.39. The highest BCUT2D eigenvalue weighted by molar-refractivity contribution is 6.22. The van der Waals surface area contributed by atoms with Crippen LogP contribution in [0.1, 0.15) is 47.9 Å². The molecule has 6 heteroatoms. The zero-order valence-electron chi connectivity index (χ0n) is 16.6. The smallest absolute Gasteiger partial charge is 0.261 e. The van der Waals surface area contributed by atoms with Gasteiger partial charge in [-0.25, -0.2) is 0 Å². The van der Waals surface area contributed by atoms with Crippen molar-refractivity contribution in [3.63, 3.8) is 0 Å². The summed E-state index contributed by atoms with van der Waals surface area (Å²) in [6, 6.07) is 18.1. The van der Waals surface area contributed by atoms with Gasteiger partial charge in [-0.3, -0.25) is 24.3 Å². The summed E-state index contributed by atoms with van der Waals surface area (Å²) in [7, 11) is 0. The number of imide groups is 1. The van der Waals surface area contributed by atoms with Crippen molar-refractivity contribution in [2.24, 2.45) is 0 Å². The molecule has 6 nitrogen and oxygen atoms in total. The fraction of sp³-hybridized carbons (Fsp3) is 0.167. The lowest BCUT2D eigenvalue weighted by Gasteiger charge is -2.13. The Balaban J connectivity index is 1.46. The summed E-state index contributed by atoms with van der Waals surface area (Å²) in [6.07, 6.45) is 2.27. The number of rotatable bonds is 6. The van der Waals surface area contributed by atoms with Crippen LogP contribution in [0.2, 0.25) is 0 Å². The number of amides is 3. The highest BCUT2D eigenvalue weighted by atomic mass is 16.2. The minimum Gasteiger partial charge on any atom is -0.346 e. The zero-order valence-corrected chi connectivity index (χ0v) is 16.6. The van der Waals surface area contributed by atoms with Gasteiger partial charge < -0.3 is 5.32 Å². The molecule has 0 spiro atoms. The molecule has 0 saturated carbocycles. The second-order valence-corrected chi connectivity index (χ2v) is 7.21. The summed E-state index contributed by atoms with van der Waals surface area (Å²) in [5.41, 5.74) is 3.78. The van der Waals surface area contributed by atoms with E-state index in [1.54, 1.807) is 18.3 Å². The summed E-state index contributed by atoms with van der Waals surface area (Å²) < 4.78 is 0. The van der Waals surface area contributed by atoms with E-state index in [1.165, 1.54) is 11.0 Å². The van der Waals surface area contributed by atoms with Gasteiger partial charge in [0.1, 0.15) is 0 Å². The number of benzene rings is 2. The number of carbonyl (C=O) groups excluding carboxylic acids is 3. The van der Waals surface area contributed by atoms with Gasteiger partial charge in [-0.05, 0) is 48.7 Å². The van der Waals surface area contributed by atoms with E-state index in [-0.39, 0.29) is 23.3 Å². The Bertz CT molecular complexity index is 1130. The van der Waals surface area contributed by atoms with Gasteiger partial charge >= 0.3 is 0 Å². The number of hydrogen-bond donors (Lipinski definition) is 1. The standard InChI is InChI=1S/C24H21N3O3/c1-16-6-5-12-25-21(16)15-26-22(28)18-9-10-19-20(14-18)24(30)27(23(19)29)13-11-17-7-3-2-4-8-17/h2-10,12,14H,11,13,15H2,1H3,(H,26,28). The van der Waals surface area contributed by atoms with Crippen LogP contribution >= 0.6 is 0 Å². The topological polar surface area (TPSA) is 79.4 Å². The molecule has 4 rings (SSSR count). The highest BCUT2D eigenvalue weighted by Gasteiger charge is 2.35. The summed E-state index contributed by atoms with van der Waals surface area (Å²) >= 11 is 0. The largest absolute Gasteiger partial charge is 0.346 e. The van der Waals surface area contributed by atoms with Crippen LogP contribution in [-0.2, 0) is 13.0 Å². The molecule has 2 aromatic carbocycles. The first-order valence-corrected chi connectivity index (χ1v) is 9.77. The predicted octanol–water partition coefficient (Wildman–Crippen LogP) is 3.16. The number of aromatic nitrogens is 1. The van der Waals surface area contributed by atoms with Crippen LogP contribution in [0.15, 0.2) is 66.9 Å². The number of fused-ring (bicyclic) bond motifs is 1. The molecule has 0 bridgehead atoms. The molecular formula is C24H21N3O3. The zero-order chi connectivity index (χ0) is 21.1. The minimum atomic E-state index is -0.360. The quantitative estimate of drug-likeness (QED) is 0.646. The monoisotopic (exact) mass is 399 g/mol. The van der Waals surface area contributed by atoms with Gasteiger partial charge in [-0.1, -0.05) is 36.4 Å². The highest BCUT2D eigenvalue weighted by Crippen LogP contribution is 2.24. The lowest BCUT2D eigenvalue weighted by atomic mass is 10.1. The number of hydrogen-bond acceptors (Lipinski definition) is 4. The first-order chi connectivity index (χ1) is 14.5. The van der Waals surface area contributed by atoms with E-state index in [4.69, 9.17) is 0 Å². The van der Waals surface area contributed by atoms with Gasteiger partial charge in [0.25, 0.3) is 17.7 Å². The van der Waals surface area contributed by atoms with Crippen LogP contribution in [0, 0.1) is 6.92 Å². The molecule has 1 N–H and O–H groups in total. The van der Waals surface area contributed by atoms with E-state index in [0.29, 0.717) is 30.6 Å². The third kappa shape index (κ3) is 3.85. The Morgan fingerprint density at radius 3 is 2.50 bits per heavy atom. The van der Waals surface area contributed by atoms with E-state index in [0.717, 1.165) is 16.8 Å². The molecule has 0 saturated heterocycles. The maximum Gasteiger partial charge on any atom is 0.261 e. The molecule has 1 aliphatic heterocycles. The van der Waals surface area contributed by atoms with Gasteiger partial charge in [0, 0.05) is 18.3 Å². The number of pyridine rings is 1. The number of carbonyl (C=O) groups is 3. The van der Waals surface area contributed by atoms with E-state index in [2.05, 4.69) is 10.3 Å². The van der Waals surface area contributed by atoms with E-state index in [1.807, 2.05) is 49.4 Å². The molecule has 1 aliphatic rings.